The first-order valence-corrected chi connectivity index (χ1v) is 7.97. The maximum atomic E-state index is 13.4. The third-order valence-electron chi connectivity index (χ3n) is 4.09. The van der Waals surface area contributed by atoms with E-state index in [4.69, 9.17) is 0 Å². The van der Waals surface area contributed by atoms with E-state index < -0.39 is 0 Å². The van der Waals surface area contributed by atoms with Gasteiger partial charge in [-0.05, 0) is 42.3 Å². The van der Waals surface area contributed by atoms with Crippen LogP contribution in [0.3, 0.4) is 0 Å². The molecule has 2 N–H and O–H groups in total. The van der Waals surface area contributed by atoms with Crippen molar-refractivity contribution >= 4 is 16.9 Å². The topological polar surface area (TPSA) is 66.5 Å². The van der Waals surface area contributed by atoms with Gasteiger partial charge < -0.3 is 5.32 Å². The molecule has 0 bridgehead atoms. The maximum Gasteiger partial charge on any atom is 0.145 e. The van der Waals surface area contributed by atoms with Gasteiger partial charge in [0.05, 0.1) is 29.5 Å². The number of nitrogens with one attached hydrogen (secondary N) is 2. The van der Waals surface area contributed by atoms with E-state index in [1.54, 1.807) is 18.5 Å². The second-order valence-electron chi connectivity index (χ2n) is 5.87. The van der Waals surface area contributed by atoms with Crippen LogP contribution < -0.4 is 5.32 Å². The van der Waals surface area contributed by atoms with Gasteiger partial charge in [0.25, 0.3) is 0 Å². The molecule has 0 aliphatic heterocycles. The highest BCUT2D eigenvalue weighted by Gasteiger charge is 2.09. The fraction of sp³-hybridized carbons (Fsp3) is 0.105. The van der Waals surface area contributed by atoms with E-state index >= 15 is 0 Å². The van der Waals surface area contributed by atoms with Crippen LogP contribution in [0.4, 0.5) is 10.2 Å². The minimum atomic E-state index is -0.248. The number of rotatable bonds is 4. The smallest absolute Gasteiger partial charge is 0.145 e. The van der Waals surface area contributed by atoms with Crippen LogP contribution >= 0.6 is 0 Å². The Kier molecular flexibility index (Phi) is 3.85. The molecule has 0 amide bonds. The molecule has 2 heterocycles. The van der Waals surface area contributed by atoms with Crippen LogP contribution in [0, 0.1) is 5.82 Å². The number of benzene rings is 2. The lowest BCUT2D eigenvalue weighted by Crippen LogP contribution is -2.08. The lowest BCUT2D eigenvalue weighted by atomic mass is 10.1. The number of hydrogen-bond donors (Lipinski definition) is 2. The average molecular weight is 333 g/mol. The summed E-state index contributed by atoms with van der Waals surface area (Å²) >= 11 is 0. The van der Waals surface area contributed by atoms with Crippen molar-refractivity contribution in [2.24, 2.45) is 0 Å². The molecule has 124 valence electrons. The zero-order valence-electron chi connectivity index (χ0n) is 13.6. The number of aromatic amines is 1. The van der Waals surface area contributed by atoms with Crippen LogP contribution in [0.15, 0.2) is 61.1 Å². The summed E-state index contributed by atoms with van der Waals surface area (Å²) in [5.41, 5.74) is 4.50. The Labute approximate surface area is 144 Å². The molecule has 0 aliphatic rings. The van der Waals surface area contributed by atoms with E-state index in [1.807, 2.05) is 37.4 Å². The van der Waals surface area contributed by atoms with Crippen molar-refractivity contribution in [2.45, 2.75) is 13.0 Å². The summed E-state index contributed by atoms with van der Waals surface area (Å²) in [6.45, 7) is 1.96. The van der Waals surface area contributed by atoms with Gasteiger partial charge in [0, 0.05) is 11.8 Å². The first kappa shape index (κ1) is 15.3. The Morgan fingerprint density at radius 2 is 1.96 bits per heavy atom. The molecule has 1 unspecified atom stereocenters. The third kappa shape index (κ3) is 3.19. The Morgan fingerprint density at radius 3 is 2.76 bits per heavy atom. The van der Waals surface area contributed by atoms with Crippen LogP contribution in [-0.2, 0) is 0 Å². The molecule has 6 heteroatoms. The van der Waals surface area contributed by atoms with Crippen molar-refractivity contribution in [2.75, 3.05) is 5.32 Å². The summed E-state index contributed by atoms with van der Waals surface area (Å²) in [4.78, 5) is 9.08. The quantitative estimate of drug-likeness (QED) is 0.583. The van der Waals surface area contributed by atoms with E-state index in [-0.39, 0.29) is 11.9 Å². The number of nitrogens with zero attached hydrogens (tertiary/aromatic N) is 3. The molecule has 0 aliphatic carbocycles. The lowest BCUT2D eigenvalue weighted by molar-refractivity contribution is 0.623. The van der Waals surface area contributed by atoms with Gasteiger partial charge in [-0.3, -0.25) is 10.1 Å². The molecule has 0 saturated heterocycles. The van der Waals surface area contributed by atoms with E-state index in [0.29, 0.717) is 5.82 Å². The molecule has 4 aromatic rings. The average Bonchev–Trinajstić information content (AvgIpc) is 3.16. The van der Waals surface area contributed by atoms with Gasteiger partial charge in [-0.25, -0.2) is 9.37 Å². The molecular formula is C19H16FN5. The highest BCUT2D eigenvalue weighted by molar-refractivity contribution is 5.81. The fourth-order valence-corrected chi connectivity index (χ4v) is 2.75. The highest BCUT2D eigenvalue weighted by Crippen LogP contribution is 2.24. The normalized spacial score (nSPS) is 12.2. The summed E-state index contributed by atoms with van der Waals surface area (Å²) in [6, 6.07) is 12.4. The summed E-state index contributed by atoms with van der Waals surface area (Å²) in [5, 5.41) is 10.0. The summed E-state index contributed by atoms with van der Waals surface area (Å²) in [6.07, 6.45) is 5.30. The van der Waals surface area contributed by atoms with Crippen LogP contribution in [0.5, 0.6) is 0 Å². The van der Waals surface area contributed by atoms with Crippen LogP contribution in [0.25, 0.3) is 22.2 Å². The zero-order chi connectivity index (χ0) is 17.2. The van der Waals surface area contributed by atoms with Crippen molar-refractivity contribution in [3.63, 3.8) is 0 Å². The predicted octanol–water partition coefficient (Wildman–Crippen LogP) is 4.33. The molecule has 0 radical (unpaired) electrons. The summed E-state index contributed by atoms with van der Waals surface area (Å²) in [7, 11) is 0. The van der Waals surface area contributed by atoms with Gasteiger partial charge >= 0.3 is 0 Å². The second-order valence-corrected chi connectivity index (χ2v) is 5.87. The number of fused-ring (bicyclic) bond motifs is 1. The summed E-state index contributed by atoms with van der Waals surface area (Å²) < 4.78 is 13.4. The molecule has 0 saturated carbocycles. The van der Waals surface area contributed by atoms with Gasteiger partial charge in [-0.15, -0.1) is 0 Å². The Balaban J connectivity index is 1.60. The van der Waals surface area contributed by atoms with E-state index in [0.717, 1.165) is 27.7 Å². The third-order valence-corrected chi connectivity index (χ3v) is 4.09. The largest absolute Gasteiger partial charge is 0.362 e. The molecule has 1 atom stereocenters. The summed E-state index contributed by atoms with van der Waals surface area (Å²) in [5.74, 6) is 0.405. The van der Waals surface area contributed by atoms with Crippen LogP contribution in [-0.4, -0.2) is 20.2 Å². The van der Waals surface area contributed by atoms with Crippen molar-refractivity contribution in [3.8, 4) is 11.1 Å². The molecule has 0 spiro atoms. The first-order valence-electron chi connectivity index (χ1n) is 7.97. The molecule has 4 rings (SSSR count). The van der Waals surface area contributed by atoms with Gasteiger partial charge in [-0.1, -0.05) is 18.2 Å². The van der Waals surface area contributed by atoms with Crippen LogP contribution in [0.1, 0.15) is 18.5 Å². The number of aromatic nitrogens is 4. The van der Waals surface area contributed by atoms with Crippen molar-refractivity contribution in [1.82, 2.24) is 20.2 Å². The number of halogens is 1. The van der Waals surface area contributed by atoms with E-state index in [9.17, 15) is 4.39 Å². The molecule has 2 aromatic heterocycles. The standard InChI is InChI=1S/C19H16FN5/c1-12(13-3-2-4-16(20)7-13)24-19-11-21-18-8-14(5-6-17(18)25-19)15-9-22-23-10-15/h2-12H,1H3,(H,22,23)(H,24,25). The molecule has 25 heavy (non-hydrogen) atoms. The Morgan fingerprint density at radius 1 is 1.04 bits per heavy atom. The van der Waals surface area contributed by atoms with Gasteiger partial charge in [-0.2, -0.15) is 5.10 Å². The minimum Gasteiger partial charge on any atom is -0.362 e. The Bertz CT molecular complexity index is 1010. The maximum absolute atomic E-state index is 13.4. The van der Waals surface area contributed by atoms with Crippen LogP contribution in [0.2, 0.25) is 0 Å². The monoisotopic (exact) mass is 333 g/mol. The number of anilines is 1. The van der Waals surface area contributed by atoms with E-state index in [1.165, 1.54) is 12.1 Å². The molecule has 2 aromatic carbocycles. The predicted molar refractivity (Wildman–Crippen MR) is 95.6 cm³/mol. The first-order chi connectivity index (χ1) is 12.2. The molecule has 0 fully saturated rings. The number of hydrogen-bond acceptors (Lipinski definition) is 4. The van der Waals surface area contributed by atoms with Crippen molar-refractivity contribution in [3.05, 3.63) is 72.4 Å². The zero-order valence-corrected chi connectivity index (χ0v) is 13.6. The second kappa shape index (κ2) is 6.32. The Hall–Kier alpha value is -3.28. The van der Waals surface area contributed by atoms with E-state index in [2.05, 4.69) is 25.5 Å². The molecule has 5 nitrogen and oxygen atoms in total. The lowest BCUT2D eigenvalue weighted by Gasteiger charge is -2.15. The minimum absolute atomic E-state index is 0.0762. The van der Waals surface area contributed by atoms with Gasteiger partial charge in [0.2, 0.25) is 0 Å². The van der Waals surface area contributed by atoms with Gasteiger partial charge in [0.15, 0.2) is 0 Å². The fourth-order valence-electron chi connectivity index (χ4n) is 2.75. The number of H-pyrrole nitrogens is 1. The van der Waals surface area contributed by atoms with Crippen molar-refractivity contribution in [1.29, 1.82) is 0 Å². The van der Waals surface area contributed by atoms with Gasteiger partial charge in [0.1, 0.15) is 11.6 Å². The molecular weight excluding hydrogens is 317 g/mol. The highest BCUT2D eigenvalue weighted by atomic mass is 19.1. The SMILES string of the molecule is CC(Nc1cnc2cc(-c3cn[nH]c3)ccc2n1)c1cccc(F)c1. The van der Waals surface area contributed by atoms with Crippen molar-refractivity contribution < 1.29 is 4.39 Å².